The molecule has 2 aliphatic heterocycles. The first-order valence-electron chi connectivity index (χ1n) is 10.2. The number of fused-ring (bicyclic) bond motifs is 1. The van der Waals surface area contributed by atoms with Crippen molar-refractivity contribution >= 4 is 22.7 Å². The average molecular weight is 389 g/mol. The van der Waals surface area contributed by atoms with Crippen molar-refractivity contribution in [2.24, 2.45) is 0 Å². The summed E-state index contributed by atoms with van der Waals surface area (Å²) in [6, 6.07) is 15.6. The lowest BCUT2D eigenvalue weighted by Crippen LogP contribution is -2.29. The number of rotatable bonds is 4. The van der Waals surface area contributed by atoms with E-state index in [0.29, 0.717) is 6.54 Å². The molecule has 2 fully saturated rings. The van der Waals surface area contributed by atoms with Crippen molar-refractivity contribution in [3.05, 3.63) is 65.9 Å². The first kappa shape index (κ1) is 18.1. The highest BCUT2D eigenvalue weighted by Crippen LogP contribution is 2.33. The van der Waals surface area contributed by atoms with Gasteiger partial charge in [-0.05, 0) is 42.5 Å². The lowest BCUT2D eigenvalue weighted by Gasteiger charge is -2.23. The van der Waals surface area contributed by atoms with Crippen molar-refractivity contribution in [1.82, 2.24) is 14.7 Å². The molecule has 2 aromatic carbocycles. The minimum absolute atomic E-state index is 0.0249. The van der Waals surface area contributed by atoms with Crippen LogP contribution in [0.15, 0.2) is 54.7 Å². The van der Waals surface area contributed by atoms with Gasteiger partial charge in [0.2, 0.25) is 11.8 Å². The molecule has 6 nitrogen and oxygen atoms in total. The van der Waals surface area contributed by atoms with E-state index in [1.54, 1.807) is 0 Å². The molecule has 2 aliphatic rings. The molecule has 0 bridgehead atoms. The second-order valence-electron chi connectivity index (χ2n) is 7.79. The summed E-state index contributed by atoms with van der Waals surface area (Å²) in [6.07, 6.45) is 5.21. The number of aromatic nitrogens is 2. The SMILES string of the molecule is O=C1CC(c2ccc3c(cnn3C3CCCCO3)c2)C(=O)N1Cc1ccccc1. The molecule has 2 atom stereocenters. The quantitative estimate of drug-likeness (QED) is 0.637. The Hall–Kier alpha value is -2.99. The van der Waals surface area contributed by atoms with Gasteiger partial charge in [-0.2, -0.15) is 5.10 Å². The molecular weight excluding hydrogens is 366 g/mol. The van der Waals surface area contributed by atoms with E-state index >= 15 is 0 Å². The Labute approximate surface area is 169 Å². The number of benzene rings is 2. The lowest BCUT2D eigenvalue weighted by atomic mass is 9.96. The second kappa shape index (κ2) is 7.44. The van der Waals surface area contributed by atoms with E-state index < -0.39 is 5.92 Å². The molecule has 0 N–H and O–H groups in total. The second-order valence-corrected chi connectivity index (χ2v) is 7.79. The fourth-order valence-electron chi connectivity index (χ4n) is 4.31. The van der Waals surface area contributed by atoms with Crippen LogP contribution in [0.3, 0.4) is 0 Å². The van der Waals surface area contributed by atoms with Crippen LogP contribution in [-0.2, 0) is 20.9 Å². The van der Waals surface area contributed by atoms with Crippen LogP contribution >= 0.6 is 0 Å². The maximum atomic E-state index is 13.0. The number of amides is 2. The monoisotopic (exact) mass is 389 g/mol. The summed E-state index contributed by atoms with van der Waals surface area (Å²) in [5, 5.41) is 5.49. The van der Waals surface area contributed by atoms with Crippen molar-refractivity contribution in [2.75, 3.05) is 6.61 Å². The highest BCUT2D eigenvalue weighted by Gasteiger charge is 2.39. The maximum Gasteiger partial charge on any atom is 0.237 e. The van der Waals surface area contributed by atoms with Gasteiger partial charge >= 0.3 is 0 Å². The smallest absolute Gasteiger partial charge is 0.237 e. The number of imide groups is 1. The maximum absolute atomic E-state index is 13.0. The van der Waals surface area contributed by atoms with E-state index in [9.17, 15) is 9.59 Å². The Morgan fingerprint density at radius 3 is 2.72 bits per heavy atom. The number of ether oxygens (including phenoxy) is 1. The predicted molar refractivity (Wildman–Crippen MR) is 108 cm³/mol. The Kier molecular flexibility index (Phi) is 4.64. The van der Waals surface area contributed by atoms with Gasteiger partial charge in [0.25, 0.3) is 0 Å². The van der Waals surface area contributed by atoms with E-state index in [-0.39, 0.29) is 24.5 Å². The molecule has 3 heterocycles. The van der Waals surface area contributed by atoms with Crippen molar-refractivity contribution in [3.8, 4) is 0 Å². The van der Waals surface area contributed by atoms with Crippen LogP contribution in [0, 0.1) is 0 Å². The molecule has 6 heteroatoms. The zero-order chi connectivity index (χ0) is 19.8. The summed E-state index contributed by atoms with van der Waals surface area (Å²) < 4.78 is 7.79. The molecule has 0 spiro atoms. The van der Waals surface area contributed by atoms with Gasteiger partial charge in [-0.3, -0.25) is 14.5 Å². The van der Waals surface area contributed by atoms with Crippen molar-refractivity contribution in [3.63, 3.8) is 0 Å². The molecule has 3 aromatic rings. The molecule has 2 amide bonds. The molecule has 0 radical (unpaired) electrons. The summed E-state index contributed by atoms with van der Waals surface area (Å²) >= 11 is 0. The van der Waals surface area contributed by atoms with Crippen LogP contribution in [0.5, 0.6) is 0 Å². The summed E-state index contributed by atoms with van der Waals surface area (Å²) in [5.41, 5.74) is 2.83. The lowest BCUT2D eigenvalue weighted by molar-refractivity contribution is -0.139. The van der Waals surface area contributed by atoms with Gasteiger partial charge < -0.3 is 4.74 Å². The summed E-state index contributed by atoms with van der Waals surface area (Å²) in [6.45, 7) is 1.09. The third-order valence-electron chi connectivity index (χ3n) is 5.88. The summed E-state index contributed by atoms with van der Waals surface area (Å²) in [5.74, 6) is -0.665. The highest BCUT2D eigenvalue weighted by molar-refractivity contribution is 6.06. The Bertz CT molecular complexity index is 1050. The Morgan fingerprint density at radius 2 is 1.93 bits per heavy atom. The van der Waals surface area contributed by atoms with Crippen LogP contribution in [0.25, 0.3) is 10.9 Å². The van der Waals surface area contributed by atoms with Crippen molar-refractivity contribution in [2.45, 2.75) is 44.4 Å². The van der Waals surface area contributed by atoms with E-state index in [1.165, 1.54) is 4.90 Å². The van der Waals surface area contributed by atoms with Gasteiger partial charge in [0, 0.05) is 18.4 Å². The molecule has 29 heavy (non-hydrogen) atoms. The number of carbonyl (C=O) groups is 2. The molecule has 5 rings (SSSR count). The number of nitrogens with zero attached hydrogens (tertiary/aromatic N) is 3. The fraction of sp³-hybridized carbons (Fsp3) is 0.348. The first-order valence-corrected chi connectivity index (χ1v) is 10.2. The molecule has 2 saturated heterocycles. The van der Waals surface area contributed by atoms with Crippen LogP contribution in [0.4, 0.5) is 0 Å². The molecule has 148 valence electrons. The predicted octanol–water partition coefficient (Wildman–Crippen LogP) is 3.78. The number of hydrogen-bond acceptors (Lipinski definition) is 4. The van der Waals surface area contributed by atoms with Crippen LogP contribution < -0.4 is 0 Å². The minimum Gasteiger partial charge on any atom is -0.356 e. The van der Waals surface area contributed by atoms with E-state index in [2.05, 4.69) is 5.10 Å². The van der Waals surface area contributed by atoms with Gasteiger partial charge in [-0.15, -0.1) is 0 Å². The molecule has 0 saturated carbocycles. The number of likely N-dealkylation sites (tertiary alicyclic amines) is 1. The summed E-state index contributed by atoms with van der Waals surface area (Å²) in [7, 11) is 0. The van der Waals surface area contributed by atoms with E-state index in [1.807, 2.05) is 59.4 Å². The van der Waals surface area contributed by atoms with Crippen LogP contribution in [0.1, 0.15) is 49.0 Å². The van der Waals surface area contributed by atoms with Gasteiger partial charge in [0.05, 0.1) is 24.2 Å². The topological polar surface area (TPSA) is 64.4 Å². The van der Waals surface area contributed by atoms with Crippen LogP contribution in [-0.4, -0.2) is 33.1 Å². The minimum atomic E-state index is -0.426. The molecule has 2 unspecified atom stereocenters. The van der Waals surface area contributed by atoms with E-state index in [0.717, 1.165) is 47.9 Å². The van der Waals surface area contributed by atoms with Gasteiger partial charge in [-0.1, -0.05) is 36.4 Å². The highest BCUT2D eigenvalue weighted by atomic mass is 16.5. The van der Waals surface area contributed by atoms with Gasteiger partial charge in [0.15, 0.2) is 6.23 Å². The van der Waals surface area contributed by atoms with E-state index in [4.69, 9.17) is 4.74 Å². The molecule has 1 aromatic heterocycles. The largest absolute Gasteiger partial charge is 0.356 e. The standard InChI is InChI=1S/C23H23N3O3/c27-21-13-19(23(28)25(21)15-16-6-2-1-3-7-16)17-9-10-20-18(12-17)14-24-26(20)22-8-4-5-11-29-22/h1-3,6-7,9-10,12,14,19,22H,4-5,8,11,13,15H2. The Balaban J connectivity index is 1.39. The first-order chi connectivity index (χ1) is 14.2. The van der Waals surface area contributed by atoms with Gasteiger partial charge in [0.1, 0.15) is 0 Å². The molecule has 0 aliphatic carbocycles. The van der Waals surface area contributed by atoms with Gasteiger partial charge in [-0.25, -0.2) is 4.68 Å². The third kappa shape index (κ3) is 3.34. The summed E-state index contributed by atoms with van der Waals surface area (Å²) in [4.78, 5) is 26.9. The zero-order valence-electron chi connectivity index (χ0n) is 16.2. The number of hydrogen-bond donors (Lipinski definition) is 0. The Morgan fingerprint density at radius 1 is 1.07 bits per heavy atom. The van der Waals surface area contributed by atoms with Crippen LogP contribution in [0.2, 0.25) is 0 Å². The normalized spacial score (nSPS) is 22.6. The fourth-order valence-corrected chi connectivity index (χ4v) is 4.31. The van der Waals surface area contributed by atoms with Crippen molar-refractivity contribution in [1.29, 1.82) is 0 Å². The molecular formula is C23H23N3O3. The zero-order valence-corrected chi connectivity index (χ0v) is 16.2. The average Bonchev–Trinajstić information content (AvgIpc) is 3.31. The number of carbonyl (C=O) groups excluding carboxylic acids is 2. The van der Waals surface area contributed by atoms with Crippen molar-refractivity contribution < 1.29 is 14.3 Å². The third-order valence-corrected chi connectivity index (χ3v) is 5.88.